The lowest BCUT2D eigenvalue weighted by Gasteiger charge is -2.24. The fourth-order valence-corrected chi connectivity index (χ4v) is 2.30. The van der Waals surface area contributed by atoms with Crippen molar-refractivity contribution in [2.75, 3.05) is 13.7 Å². The standard InChI is InChI=1S/C13H15BrFNO/c1-16-13(12-4-2-3-7-17-12)10-6-5-9(14)8-11(10)15/h4-6,8,13,16H,2-3,7H2,1H3. The van der Waals surface area contributed by atoms with Gasteiger partial charge < -0.3 is 10.1 Å². The van der Waals surface area contributed by atoms with Gasteiger partial charge in [-0.15, -0.1) is 0 Å². The van der Waals surface area contributed by atoms with Crippen LogP contribution in [0.4, 0.5) is 4.39 Å². The van der Waals surface area contributed by atoms with Crippen LogP contribution in [0.5, 0.6) is 0 Å². The number of nitrogens with one attached hydrogen (secondary N) is 1. The van der Waals surface area contributed by atoms with E-state index in [0.717, 1.165) is 23.1 Å². The number of hydrogen-bond acceptors (Lipinski definition) is 2. The fraction of sp³-hybridized carbons (Fsp3) is 0.385. The summed E-state index contributed by atoms with van der Waals surface area (Å²) in [6, 6.07) is 4.89. The molecule has 0 saturated heterocycles. The van der Waals surface area contributed by atoms with Crippen LogP contribution in [0.2, 0.25) is 0 Å². The largest absolute Gasteiger partial charge is 0.496 e. The summed E-state index contributed by atoms with van der Waals surface area (Å²) in [5, 5.41) is 3.10. The van der Waals surface area contributed by atoms with Gasteiger partial charge in [0.1, 0.15) is 11.6 Å². The Bertz CT molecular complexity index is 433. The quantitative estimate of drug-likeness (QED) is 0.922. The van der Waals surface area contributed by atoms with Crippen molar-refractivity contribution >= 4 is 15.9 Å². The second-order valence-electron chi connectivity index (χ2n) is 3.98. The van der Waals surface area contributed by atoms with E-state index in [1.807, 2.05) is 19.2 Å². The fourth-order valence-electron chi connectivity index (χ4n) is 1.96. The van der Waals surface area contributed by atoms with Crippen LogP contribution in [-0.2, 0) is 4.74 Å². The second kappa shape index (κ2) is 5.65. The molecule has 0 aromatic heterocycles. The first-order valence-corrected chi connectivity index (χ1v) is 6.46. The molecule has 92 valence electrons. The number of benzene rings is 1. The van der Waals surface area contributed by atoms with Gasteiger partial charge in [-0.2, -0.15) is 0 Å². The van der Waals surface area contributed by atoms with Crippen molar-refractivity contribution in [1.29, 1.82) is 0 Å². The van der Waals surface area contributed by atoms with Crippen molar-refractivity contribution in [2.24, 2.45) is 0 Å². The van der Waals surface area contributed by atoms with Gasteiger partial charge in [0.05, 0.1) is 12.6 Å². The van der Waals surface area contributed by atoms with Gasteiger partial charge in [0, 0.05) is 10.0 Å². The summed E-state index contributed by atoms with van der Waals surface area (Å²) >= 11 is 3.26. The van der Waals surface area contributed by atoms with Crippen LogP contribution in [0.25, 0.3) is 0 Å². The molecule has 1 N–H and O–H groups in total. The summed E-state index contributed by atoms with van der Waals surface area (Å²) in [7, 11) is 1.81. The van der Waals surface area contributed by atoms with Crippen molar-refractivity contribution < 1.29 is 9.13 Å². The molecule has 2 rings (SSSR count). The maximum Gasteiger partial charge on any atom is 0.129 e. The molecule has 1 heterocycles. The van der Waals surface area contributed by atoms with Crippen molar-refractivity contribution in [1.82, 2.24) is 5.32 Å². The Hall–Kier alpha value is -0.870. The number of likely N-dealkylation sites (N-methyl/N-ethyl adjacent to an activating group) is 1. The van der Waals surface area contributed by atoms with Gasteiger partial charge >= 0.3 is 0 Å². The summed E-state index contributed by atoms with van der Waals surface area (Å²) in [6.45, 7) is 0.710. The summed E-state index contributed by atoms with van der Waals surface area (Å²) < 4.78 is 20.2. The third-order valence-electron chi connectivity index (χ3n) is 2.81. The van der Waals surface area contributed by atoms with E-state index < -0.39 is 0 Å². The Morgan fingerprint density at radius 3 is 2.88 bits per heavy atom. The van der Waals surface area contributed by atoms with Gasteiger partial charge in [-0.1, -0.05) is 22.0 Å². The van der Waals surface area contributed by atoms with E-state index in [9.17, 15) is 4.39 Å². The first-order chi connectivity index (χ1) is 8.22. The molecule has 0 amide bonds. The summed E-state index contributed by atoms with van der Waals surface area (Å²) in [5.41, 5.74) is 0.615. The molecule has 1 aliphatic heterocycles. The molecule has 1 unspecified atom stereocenters. The van der Waals surface area contributed by atoms with E-state index in [4.69, 9.17) is 4.74 Å². The van der Waals surface area contributed by atoms with Crippen LogP contribution in [0.1, 0.15) is 24.4 Å². The van der Waals surface area contributed by atoms with E-state index in [1.54, 1.807) is 6.07 Å². The van der Waals surface area contributed by atoms with Crippen molar-refractivity contribution in [3.8, 4) is 0 Å². The van der Waals surface area contributed by atoms with Crippen LogP contribution in [0.15, 0.2) is 34.5 Å². The zero-order valence-electron chi connectivity index (χ0n) is 9.67. The molecular weight excluding hydrogens is 285 g/mol. The van der Waals surface area contributed by atoms with Gasteiger partial charge in [-0.3, -0.25) is 0 Å². The van der Waals surface area contributed by atoms with Crippen LogP contribution in [0.3, 0.4) is 0 Å². The topological polar surface area (TPSA) is 21.3 Å². The van der Waals surface area contributed by atoms with Gasteiger partial charge in [-0.25, -0.2) is 4.39 Å². The lowest BCUT2D eigenvalue weighted by Crippen LogP contribution is -2.23. The van der Waals surface area contributed by atoms with Crippen molar-refractivity contribution in [2.45, 2.75) is 18.9 Å². The van der Waals surface area contributed by atoms with Crippen LogP contribution >= 0.6 is 15.9 Å². The molecule has 0 spiro atoms. The molecular formula is C13H15BrFNO. The first kappa shape index (κ1) is 12.6. The Balaban J connectivity index is 2.31. The summed E-state index contributed by atoms with van der Waals surface area (Å²) in [5.74, 6) is 0.591. The highest BCUT2D eigenvalue weighted by atomic mass is 79.9. The molecule has 0 saturated carbocycles. The molecule has 1 atom stereocenters. The minimum Gasteiger partial charge on any atom is -0.496 e. The SMILES string of the molecule is CNC(C1=CCCCO1)c1ccc(Br)cc1F. The van der Waals surface area contributed by atoms with E-state index in [1.165, 1.54) is 6.07 Å². The molecule has 2 nitrogen and oxygen atoms in total. The highest BCUT2D eigenvalue weighted by molar-refractivity contribution is 9.10. The number of rotatable bonds is 3. The molecule has 1 aromatic carbocycles. The lowest BCUT2D eigenvalue weighted by molar-refractivity contribution is 0.168. The van der Waals surface area contributed by atoms with Crippen LogP contribution in [-0.4, -0.2) is 13.7 Å². The van der Waals surface area contributed by atoms with E-state index >= 15 is 0 Å². The highest BCUT2D eigenvalue weighted by Crippen LogP contribution is 2.28. The predicted octanol–water partition coefficient (Wildman–Crippen LogP) is 3.54. The molecule has 0 aliphatic carbocycles. The molecule has 4 heteroatoms. The van der Waals surface area contributed by atoms with E-state index in [-0.39, 0.29) is 11.9 Å². The van der Waals surface area contributed by atoms with Crippen molar-refractivity contribution in [3.05, 3.63) is 45.9 Å². The molecule has 17 heavy (non-hydrogen) atoms. The normalized spacial score (nSPS) is 17.2. The Labute approximate surface area is 109 Å². The van der Waals surface area contributed by atoms with Gasteiger partial charge in [0.2, 0.25) is 0 Å². The van der Waals surface area contributed by atoms with Crippen LogP contribution < -0.4 is 5.32 Å². The second-order valence-corrected chi connectivity index (χ2v) is 4.90. The monoisotopic (exact) mass is 299 g/mol. The molecule has 1 aliphatic rings. The molecule has 0 bridgehead atoms. The number of ether oxygens (including phenoxy) is 1. The third kappa shape index (κ3) is 2.87. The molecule has 1 aromatic rings. The lowest BCUT2D eigenvalue weighted by atomic mass is 10.0. The zero-order valence-corrected chi connectivity index (χ0v) is 11.3. The Morgan fingerprint density at radius 1 is 1.47 bits per heavy atom. The van der Waals surface area contributed by atoms with Crippen molar-refractivity contribution in [3.63, 3.8) is 0 Å². The highest BCUT2D eigenvalue weighted by Gasteiger charge is 2.21. The Kier molecular flexibility index (Phi) is 4.18. The molecule has 0 radical (unpaired) electrons. The minimum atomic E-state index is -0.228. The van der Waals surface area contributed by atoms with Gasteiger partial charge in [-0.05, 0) is 38.1 Å². The molecule has 0 fully saturated rings. The predicted molar refractivity (Wildman–Crippen MR) is 69.2 cm³/mol. The number of halogens is 2. The first-order valence-electron chi connectivity index (χ1n) is 5.67. The maximum absolute atomic E-state index is 13.9. The average Bonchev–Trinajstić information content (AvgIpc) is 2.34. The van der Waals surface area contributed by atoms with E-state index in [2.05, 4.69) is 21.2 Å². The third-order valence-corrected chi connectivity index (χ3v) is 3.30. The summed E-state index contributed by atoms with van der Waals surface area (Å²) in [6.07, 6.45) is 4.06. The van der Waals surface area contributed by atoms with Crippen LogP contribution in [0, 0.1) is 5.82 Å². The zero-order chi connectivity index (χ0) is 12.3. The number of hydrogen-bond donors (Lipinski definition) is 1. The van der Waals surface area contributed by atoms with Gasteiger partial charge in [0.25, 0.3) is 0 Å². The smallest absolute Gasteiger partial charge is 0.129 e. The van der Waals surface area contributed by atoms with Gasteiger partial charge in [0.15, 0.2) is 0 Å². The minimum absolute atomic E-state index is 0.205. The van der Waals surface area contributed by atoms with E-state index in [0.29, 0.717) is 12.2 Å². The average molecular weight is 300 g/mol. The summed E-state index contributed by atoms with van der Waals surface area (Å²) in [4.78, 5) is 0. The number of allylic oxidation sites excluding steroid dienone is 1. The maximum atomic E-state index is 13.9. The Morgan fingerprint density at radius 2 is 2.29 bits per heavy atom.